The Kier molecular flexibility index (Phi) is 6.11. The SMILES string of the molecule is CN(C(=O)CNS(=O)(=O)c1cccs1)C1CCC(c2ccccc2)CC1. The molecule has 140 valence electrons. The maximum absolute atomic E-state index is 12.4. The number of carbonyl (C=O) groups excluding carboxylic acids is 1. The first-order valence-electron chi connectivity index (χ1n) is 8.81. The summed E-state index contributed by atoms with van der Waals surface area (Å²) in [6.07, 6.45) is 3.99. The zero-order chi connectivity index (χ0) is 18.6. The van der Waals surface area contributed by atoms with E-state index < -0.39 is 10.0 Å². The van der Waals surface area contributed by atoms with E-state index in [4.69, 9.17) is 0 Å². The van der Waals surface area contributed by atoms with Gasteiger partial charge in [-0.25, -0.2) is 13.1 Å². The van der Waals surface area contributed by atoms with Crippen molar-refractivity contribution < 1.29 is 13.2 Å². The van der Waals surface area contributed by atoms with E-state index in [1.165, 1.54) is 11.6 Å². The minimum Gasteiger partial charge on any atom is -0.342 e. The van der Waals surface area contributed by atoms with E-state index >= 15 is 0 Å². The maximum atomic E-state index is 12.4. The van der Waals surface area contributed by atoms with Gasteiger partial charge in [0.1, 0.15) is 4.21 Å². The van der Waals surface area contributed by atoms with Crippen LogP contribution in [0.4, 0.5) is 0 Å². The summed E-state index contributed by atoms with van der Waals surface area (Å²) in [6.45, 7) is -0.199. The van der Waals surface area contributed by atoms with E-state index in [2.05, 4.69) is 29.0 Å². The number of hydrogen-bond donors (Lipinski definition) is 1. The minimum atomic E-state index is -3.60. The predicted octanol–water partition coefficient (Wildman–Crippen LogP) is 3.21. The van der Waals surface area contributed by atoms with Crippen LogP contribution in [0.1, 0.15) is 37.2 Å². The van der Waals surface area contributed by atoms with Gasteiger partial charge in [0.25, 0.3) is 10.0 Å². The van der Waals surface area contributed by atoms with Crippen molar-refractivity contribution in [3.8, 4) is 0 Å². The fraction of sp³-hybridized carbons (Fsp3) is 0.421. The van der Waals surface area contributed by atoms with E-state index in [0.29, 0.717) is 5.92 Å². The van der Waals surface area contributed by atoms with Crippen LogP contribution in [0.3, 0.4) is 0 Å². The second-order valence-corrected chi connectivity index (χ2v) is 9.62. The minimum absolute atomic E-state index is 0.175. The lowest BCUT2D eigenvalue weighted by Crippen LogP contribution is -2.44. The van der Waals surface area contributed by atoms with Gasteiger partial charge in [-0.3, -0.25) is 4.79 Å². The molecule has 2 aromatic rings. The number of likely N-dealkylation sites (N-methyl/N-ethyl adjacent to an activating group) is 1. The summed E-state index contributed by atoms with van der Waals surface area (Å²) in [5.74, 6) is 0.363. The molecular weight excluding hydrogens is 368 g/mol. The van der Waals surface area contributed by atoms with Gasteiger partial charge in [-0.2, -0.15) is 0 Å². The lowest BCUT2D eigenvalue weighted by Gasteiger charge is -2.35. The zero-order valence-electron chi connectivity index (χ0n) is 14.8. The summed E-state index contributed by atoms with van der Waals surface area (Å²) < 4.78 is 26.9. The normalized spacial score (nSPS) is 20.7. The Morgan fingerprint density at radius 2 is 1.81 bits per heavy atom. The van der Waals surface area contributed by atoms with Crippen molar-refractivity contribution in [3.63, 3.8) is 0 Å². The molecule has 3 rings (SSSR count). The summed E-state index contributed by atoms with van der Waals surface area (Å²) >= 11 is 1.14. The molecule has 1 aromatic carbocycles. The number of hydrogen-bond acceptors (Lipinski definition) is 4. The van der Waals surface area contributed by atoms with E-state index in [9.17, 15) is 13.2 Å². The molecule has 0 atom stereocenters. The number of rotatable bonds is 6. The first kappa shape index (κ1) is 19.1. The average molecular weight is 393 g/mol. The molecule has 0 aliphatic heterocycles. The Labute approximate surface area is 159 Å². The zero-order valence-corrected chi connectivity index (χ0v) is 16.4. The fourth-order valence-electron chi connectivity index (χ4n) is 3.49. The van der Waals surface area contributed by atoms with Gasteiger partial charge in [0.2, 0.25) is 5.91 Å². The molecule has 1 N–H and O–H groups in total. The second-order valence-electron chi connectivity index (χ2n) is 6.68. The van der Waals surface area contributed by atoms with Crippen molar-refractivity contribution in [3.05, 3.63) is 53.4 Å². The topological polar surface area (TPSA) is 66.5 Å². The lowest BCUT2D eigenvalue weighted by molar-refractivity contribution is -0.131. The van der Waals surface area contributed by atoms with E-state index in [1.54, 1.807) is 23.4 Å². The second kappa shape index (κ2) is 8.33. The molecule has 1 fully saturated rings. The molecule has 0 bridgehead atoms. The molecule has 0 saturated heterocycles. The van der Waals surface area contributed by atoms with Crippen LogP contribution in [-0.2, 0) is 14.8 Å². The van der Waals surface area contributed by atoms with Crippen LogP contribution < -0.4 is 4.72 Å². The third kappa shape index (κ3) is 4.52. The highest BCUT2D eigenvalue weighted by Gasteiger charge is 2.28. The van der Waals surface area contributed by atoms with E-state index in [0.717, 1.165) is 37.0 Å². The van der Waals surface area contributed by atoms with Crippen molar-refractivity contribution in [1.29, 1.82) is 0 Å². The highest BCUT2D eigenvalue weighted by atomic mass is 32.2. The van der Waals surface area contributed by atoms with Gasteiger partial charge in [0.05, 0.1) is 6.54 Å². The Morgan fingerprint density at radius 1 is 1.12 bits per heavy atom. The van der Waals surface area contributed by atoms with Gasteiger partial charge in [-0.15, -0.1) is 11.3 Å². The number of sulfonamides is 1. The first-order chi connectivity index (χ1) is 12.5. The van der Waals surface area contributed by atoms with Crippen LogP contribution in [0.5, 0.6) is 0 Å². The molecule has 1 aliphatic rings. The summed E-state index contributed by atoms with van der Waals surface area (Å²) in [5.41, 5.74) is 1.36. The van der Waals surface area contributed by atoms with Gasteiger partial charge in [0, 0.05) is 13.1 Å². The fourth-order valence-corrected chi connectivity index (χ4v) is 5.51. The van der Waals surface area contributed by atoms with Crippen LogP contribution in [0.2, 0.25) is 0 Å². The Morgan fingerprint density at radius 3 is 2.42 bits per heavy atom. The third-order valence-corrected chi connectivity index (χ3v) is 7.88. The van der Waals surface area contributed by atoms with Gasteiger partial charge in [-0.1, -0.05) is 36.4 Å². The van der Waals surface area contributed by atoms with Crippen LogP contribution in [0.25, 0.3) is 0 Å². The summed E-state index contributed by atoms with van der Waals surface area (Å²) in [6, 6.07) is 13.9. The van der Waals surface area contributed by atoms with Gasteiger partial charge >= 0.3 is 0 Å². The molecule has 0 radical (unpaired) electrons. The van der Waals surface area contributed by atoms with Crippen LogP contribution in [-0.4, -0.2) is 38.9 Å². The van der Waals surface area contributed by atoms with Crippen molar-refractivity contribution in [2.75, 3.05) is 13.6 Å². The van der Waals surface area contributed by atoms with Gasteiger partial charge in [0.15, 0.2) is 0 Å². The molecule has 7 heteroatoms. The Hall–Kier alpha value is -1.70. The number of thiophene rings is 1. The molecular formula is C19H24N2O3S2. The standard InChI is InChI=1S/C19H24N2O3S2/c1-21(18(22)14-20-26(23,24)19-8-5-13-25-19)17-11-9-16(10-12-17)15-6-3-2-4-7-15/h2-8,13,16-17,20H,9-12,14H2,1H3. The summed E-state index contributed by atoms with van der Waals surface area (Å²) in [7, 11) is -1.83. The molecule has 0 unspecified atom stereocenters. The molecule has 0 spiro atoms. The summed E-state index contributed by atoms with van der Waals surface area (Å²) in [4.78, 5) is 14.1. The summed E-state index contributed by atoms with van der Waals surface area (Å²) in [5, 5.41) is 1.70. The molecule has 1 heterocycles. The van der Waals surface area contributed by atoms with Crippen LogP contribution >= 0.6 is 11.3 Å². The number of amides is 1. The quantitative estimate of drug-likeness (QED) is 0.821. The van der Waals surface area contributed by atoms with Crippen molar-refractivity contribution >= 4 is 27.3 Å². The monoisotopic (exact) mass is 392 g/mol. The number of nitrogens with zero attached hydrogens (tertiary/aromatic N) is 1. The lowest BCUT2D eigenvalue weighted by atomic mass is 9.81. The van der Waals surface area contributed by atoms with Gasteiger partial charge < -0.3 is 4.90 Å². The molecule has 1 saturated carbocycles. The first-order valence-corrected chi connectivity index (χ1v) is 11.2. The smallest absolute Gasteiger partial charge is 0.250 e. The largest absolute Gasteiger partial charge is 0.342 e. The van der Waals surface area contributed by atoms with Crippen molar-refractivity contribution in [2.24, 2.45) is 0 Å². The maximum Gasteiger partial charge on any atom is 0.250 e. The highest BCUT2D eigenvalue weighted by molar-refractivity contribution is 7.91. The Balaban J connectivity index is 1.50. The predicted molar refractivity (Wildman–Crippen MR) is 104 cm³/mol. The number of benzene rings is 1. The van der Waals surface area contributed by atoms with Gasteiger partial charge in [-0.05, 0) is 48.6 Å². The number of carbonyl (C=O) groups is 1. The molecule has 1 aromatic heterocycles. The van der Waals surface area contributed by atoms with E-state index in [-0.39, 0.29) is 22.7 Å². The van der Waals surface area contributed by atoms with Crippen molar-refractivity contribution in [1.82, 2.24) is 9.62 Å². The van der Waals surface area contributed by atoms with Crippen molar-refractivity contribution in [2.45, 2.75) is 41.9 Å². The Bertz CT molecular complexity index is 812. The average Bonchev–Trinajstić information content (AvgIpc) is 3.22. The molecule has 1 amide bonds. The van der Waals surface area contributed by atoms with E-state index in [1.807, 2.05) is 6.07 Å². The number of nitrogens with one attached hydrogen (secondary N) is 1. The molecule has 5 nitrogen and oxygen atoms in total. The highest BCUT2D eigenvalue weighted by Crippen LogP contribution is 2.34. The third-order valence-electron chi connectivity index (χ3n) is 5.08. The molecule has 1 aliphatic carbocycles. The van der Waals surface area contributed by atoms with Crippen LogP contribution in [0.15, 0.2) is 52.1 Å². The molecule has 26 heavy (non-hydrogen) atoms. The van der Waals surface area contributed by atoms with Crippen LogP contribution in [0, 0.1) is 0 Å².